The number of rotatable bonds is 11. The molecule has 32 heavy (non-hydrogen) atoms. The summed E-state index contributed by atoms with van der Waals surface area (Å²) in [7, 11) is -3.89. The Morgan fingerprint density at radius 1 is 1.19 bits per heavy atom. The molecule has 0 heterocycles. The molecule has 1 atom stereocenters. The smallest absolute Gasteiger partial charge is 0.271 e. The normalized spacial score (nSPS) is 12.3. The van der Waals surface area contributed by atoms with Gasteiger partial charge in [0.2, 0.25) is 15.9 Å². The molecule has 9 nitrogen and oxygen atoms in total. The lowest BCUT2D eigenvalue weighted by Crippen LogP contribution is -2.50. The Bertz CT molecular complexity index is 1060. The van der Waals surface area contributed by atoms with Gasteiger partial charge in [0.15, 0.2) is 0 Å². The summed E-state index contributed by atoms with van der Waals surface area (Å²) in [6.07, 6.45) is 1.15. The standard InChI is InChI=1S/C22H29N3O6S/c1-5-20(24(32(4,29)30)17-9-8-10-18(15-17)25(27)28)22(26)23-13-14-31-21-12-7-6-11-19(21)16(2)3/h6-12,15-16,20H,5,13-14H2,1-4H3,(H,23,26)/t20-/m1/s1. The van der Waals surface area contributed by atoms with Crippen LogP contribution in [-0.2, 0) is 14.8 Å². The van der Waals surface area contributed by atoms with Crippen molar-refractivity contribution in [2.45, 2.75) is 39.2 Å². The second-order valence-electron chi connectivity index (χ2n) is 7.59. The summed E-state index contributed by atoms with van der Waals surface area (Å²) in [6.45, 7) is 6.18. The van der Waals surface area contributed by atoms with Gasteiger partial charge in [0.25, 0.3) is 5.69 Å². The maximum atomic E-state index is 12.8. The molecule has 0 saturated carbocycles. The van der Waals surface area contributed by atoms with Gasteiger partial charge in [-0.15, -0.1) is 0 Å². The van der Waals surface area contributed by atoms with Crippen LogP contribution in [0.4, 0.5) is 11.4 Å². The first-order valence-electron chi connectivity index (χ1n) is 10.3. The molecule has 0 radical (unpaired) electrons. The molecule has 174 valence electrons. The third-order valence-corrected chi connectivity index (χ3v) is 6.00. The first-order valence-corrected chi connectivity index (χ1v) is 12.1. The molecule has 0 spiro atoms. The number of para-hydroxylation sites is 1. The average molecular weight is 464 g/mol. The first kappa shape index (κ1) is 25.1. The lowest BCUT2D eigenvalue weighted by atomic mass is 10.0. The maximum Gasteiger partial charge on any atom is 0.271 e. The predicted molar refractivity (Wildman–Crippen MR) is 124 cm³/mol. The number of anilines is 1. The number of nitrogens with one attached hydrogen (secondary N) is 1. The number of nitro groups is 1. The summed E-state index contributed by atoms with van der Waals surface area (Å²) in [6, 6.07) is 11.8. The summed E-state index contributed by atoms with van der Waals surface area (Å²) in [4.78, 5) is 23.3. The van der Waals surface area contributed by atoms with Gasteiger partial charge in [0.1, 0.15) is 18.4 Å². The molecule has 0 unspecified atom stereocenters. The number of hydrogen-bond donors (Lipinski definition) is 1. The summed E-state index contributed by atoms with van der Waals surface area (Å²) in [5, 5.41) is 13.8. The van der Waals surface area contributed by atoms with Crippen LogP contribution in [0.2, 0.25) is 0 Å². The van der Waals surface area contributed by atoms with E-state index in [4.69, 9.17) is 4.74 Å². The van der Waals surface area contributed by atoms with E-state index in [0.29, 0.717) is 0 Å². The second kappa shape index (κ2) is 10.9. The van der Waals surface area contributed by atoms with Gasteiger partial charge in [0.05, 0.1) is 23.4 Å². The van der Waals surface area contributed by atoms with Gasteiger partial charge >= 0.3 is 0 Å². The monoisotopic (exact) mass is 463 g/mol. The number of sulfonamides is 1. The van der Waals surface area contributed by atoms with Crippen LogP contribution in [0.3, 0.4) is 0 Å². The minimum atomic E-state index is -3.89. The van der Waals surface area contributed by atoms with Crippen LogP contribution in [-0.4, -0.2) is 44.7 Å². The highest BCUT2D eigenvalue weighted by Crippen LogP contribution is 2.27. The zero-order valence-corrected chi connectivity index (χ0v) is 19.5. The van der Waals surface area contributed by atoms with Crippen LogP contribution >= 0.6 is 0 Å². The number of hydrogen-bond acceptors (Lipinski definition) is 6. The van der Waals surface area contributed by atoms with Gasteiger partial charge in [-0.25, -0.2) is 8.42 Å². The molecule has 2 aromatic rings. The van der Waals surface area contributed by atoms with Gasteiger partial charge in [-0.3, -0.25) is 19.2 Å². The fourth-order valence-electron chi connectivity index (χ4n) is 3.35. The van der Waals surface area contributed by atoms with Crippen molar-refractivity contribution in [3.63, 3.8) is 0 Å². The zero-order chi connectivity index (χ0) is 23.9. The molecule has 0 aliphatic heterocycles. The van der Waals surface area contributed by atoms with Crippen LogP contribution in [0, 0.1) is 10.1 Å². The van der Waals surface area contributed by atoms with Crippen molar-refractivity contribution in [3.05, 3.63) is 64.2 Å². The highest BCUT2D eigenvalue weighted by Gasteiger charge is 2.32. The molecule has 0 aliphatic carbocycles. The van der Waals surface area contributed by atoms with Gasteiger partial charge < -0.3 is 10.1 Å². The third kappa shape index (κ3) is 6.43. The molecule has 2 rings (SSSR count). The molecule has 0 fully saturated rings. The maximum absolute atomic E-state index is 12.8. The second-order valence-corrected chi connectivity index (χ2v) is 9.45. The Hall–Kier alpha value is -3.14. The number of carbonyl (C=O) groups excluding carboxylic acids is 1. The Balaban J connectivity index is 2.12. The van der Waals surface area contributed by atoms with E-state index in [-0.39, 0.29) is 36.9 Å². The van der Waals surface area contributed by atoms with Gasteiger partial charge in [-0.05, 0) is 30.0 Å². The Morgan fingerprint density at radius 2 is 1.88 bits per heavy atom. The molecule has 0 saturated heterocycles. The molecule has 0 aromatic heterocycles. The van der Waals surface area contributed by atoms with Crippen LogP contribution in [0.25, 0.3) is 0 Å². The quantitative estimate of drug-likeness (QED) is 0.310. The fourth-order valence-corrected chi connectivity index (χ4v) is 4.55. The topological polar surface area (TPSA) is 119 Å². The van der Waals surface area contributed by atoms with Crippen LogP contribution in [0.15, 0.2) is 48.5 Å². The van der Waals surface area contributed by atoms with Crippen molar-refractivity contribution in [3.8, 4) is 5.75 Å². The number of nitrogens with zero attached hydrogens (tertiary/aromatic N) is 2. The van der Waals surface area contributed by atoms with E-state index >= 15 is 0 Å². The molecule has 1 amide bonds. The van der Waals surface area contributed by atoms with Crippen molar-refractivity contribution >= 4 is 27.3 Å². The predicted octanol–water partition coefficient (Wildman–Crippen LogP) is 3.46. The van der Waals surface area contributed by atoms with Crippen molar-refractivity contribution in [2.75, 3.05) is 23.7 Å². The molecular weight excluding hydrogens is 434 g/mol. The molecule has 1 N–H and O–H groups in total. The molecule has 0 bridgehead atoms. The number of carbonyl (C=O) groups is 1. The van der Waals surface area contributed by atoms with Crippen LogP contribution < -0.4 is 14.4 Å². The van der Waals surface area contributed by atoms with Crippen molar-refractivity contribution in [1.29, 1.82) is 0 Å². The molecule has 10 heteroatoms. The third-order valence-electron chi connectivity index (χ3n) is 4.82. The van der Waals surface area contributed by atoms with E-state index < -0.39 is 26.9 Å². The van der Waals surface area contributed by atoms with E-state index in [1.165, 1.54) is 18.2 Å². The fraction of sp³-hybridized carbons (Fsp3) is 0.409. The number of ether oxygens (including phenoxy) is 1. The SMILES string of the molecule is CC[C@H](C(=O)NCCOc1ccccc1C(C)C)N(c1cccc([N+](=O)[O-])c1)S(C)(=O)=O. The van der Waals surface area contributed by atoms with Crippen LogP contribution in [0.5, 0.6) is 5.75 Å². The van der Waals surface area contributed by atoms with E-state index in [2.05, 4.69) is 19.2 Å². The summed E-state index contributed by atoms with van der Waals surface area (Å²) >= 11 is 0. The lowest BCUT2D eigenvalue weighted by Gasteiger charge is -2.30. The average Bonchev–Trinajstić information content (AvgIpc) is 2.74. The van der Waals surface area contributed by atoms with Crippen molar-refractivity contribution in [2.24, 2.45) is 0 Å². The van der Waals surface area contributed by atoms with Crippen LogP contribution in [0.1, 0.15) is 38.7 Å². The zero-order valence-electron chi connectivity index (χ0n) is 18.6. The van der Waals surface area contributed by atoms with E-state index in [0.717, 1.165) is 27.9 Å². The minimum Gasteiger partial charge on any atom is -0.491 e. The Kier molecular flexibility index (Phi) is 8.59. The van der Waals surface area contributed by atoms with E-state index in [1.807, 2.05) is 24.3 Å². The first-order chi connectivity index (χ1) is 15.1. The number of nitro benzene ring substituents is 1. The van der Waals surface area contributed by atoms with Gasteiger partial charge in [-0.2, -0.15) is 0 Å². The number of non-ortho nitro benzene ring substituents is 1. The summed E-state index contributed by atoms with van der Waals surface area (Å²) < 4.78 is 31.7. The molecule has 2 aromatic carbocycles. The van der Waals surface area contributed by atoms with E-state index in [9.17, 15) is 23.3 Å². The minimum absolute atomic E-state index is 0.0609. The summed E-state index contributed by atoms with van der Waals surface area (Å²) in [5.41, 5.74) is 0.855. The highest BCUT2D eigenvalue weighted by atomic mass is 32.2. The van der Waals surface area contributed by atoms with Gasteiger partial charge in [-0.1, -0.05) is 45.0 Å². The number of benzene rings is 2. The largest absolute Gasteiger partial charge is 0.491 e. The highest BCUT2D eigenvalue weighted by molar-refractivity contribution is 7.92. The van der Waals surface area contributed by atoms with Crippen molar-refractivity contribution < 1.29 is 22.9 Å². The molecular formula is C22H29N3O6S. The summed E-state index contributed by atoms with van der Waals surface area (Å²) in [5.74, 6) is 0.506. The molecule has 0 aliphatic rings. The van der Waals surface area contributed by atoms with E-state index in [1.54, 1.807) is 6.92 Å². The lowest BCUT2D eigenvalue weighted by molar-refractivity contribution is -0.384. The van der Waals surface area contributed by atoms with Gasteiger partial charge in [0, 0.05) is 12.1 Å². The Morgan fingerprint density at radius 3 is 2.47 bits per heavy atom. The number of amides is 1. The van der Waals surface area contributed by atoms with Crippen molar-refractivity contribution in [1.82, 2.24) is 5.32 Å². The Labute approximate surface area is 188 Å².